The van der Waals surface area contributed by atoms with Crippen molar-refractivity contribution in [2.75, 3.05) is 0 Å². The Balaban J connectivity index is 1.59. The minimum absolute atomic E-state index is 0.235. The van der Waals surface area contributed by atoms with E-state index in [2.05, 4.69) is 58.0 Å². The van der Waals surface area contributed by atoms with Crippen LogP contribution in [0.15, 0.2) is 54.6 Å². The van der Waals surface area contributed by atoms with E-state index in [0.717, 1.165) is 31.6 Å². The van der Waals surface area contributed by atoms with E-state index in [1.165, 1.54) is 41.3 Å². The summed E-state index contributed by atoms with van der Waals surface area (Å²) in [6.45, 7) is 1.53. The number of rotatable bonds is 3. The molecule has 1 aliphatic carbocycles. The fourth-order valence-corrected chi connectivity index (χ4v) is 4.78. The van der Waals surface area contributed by atoms with Gasteiger partial charge in [-0.05, 0) is 24.5 Å². The monoisotopic (exact) mass is 344 g/mol. The van der Waals surface area contributed by atoms with Crippen molar-refractivity contribution in [1.29, 1.82) is 0 Å². The molecule has 0 saturated heterocycles. The predicted octanol–water partition coefficient (Wildman–Crippen LogP) is 4.98. The van der Waals surface area contributed by atoms with Gasteiger partial charge in [-0.1, -0.05) is 67.8 Å². The molecule has 0 spiro atoms. The summed E-state index contributed by atoms with van der Waals surface area (Å²) >= 11 is 0. The normalized spacial score (nSPS) is 17.8. The van der Waals surface area contributed by atoms with Gasteiger partial charge in [0.2, 0.25) is 0 Å². The van der Waals surface area contributed by atoms with Gasteiger partial charge in [0.1, 0.15) is 5.69 Å². The van der Waals surface area contributed by atoms with Crippen molar-refractivity contribution >= 4 is 16.8 Å². The van der Waals surface area contributed by atoms with Gasteiger partial charge in [-0.25, -0.2) is 0 Å². The van der Waals surface area contributed by atoms with Crippen molar-refractivity contribution < 1.29 is 4.79 Å². The molecule has 0 atom stereocenters. The molecule has 0 bridgehead atoms. The van der Waals surface area contributed by atoms with E-state index < -0.39 is 0 Å². The van der Waals surface area contributed by atoms with Gasteiger partial charge in [0.15, 0.2) is 0 Å². The Morgan fingerprint density at radius 3 is 2.42 bits per heavy atom. The average molecular weight is 344 g/mol. The fourth-order valence-electron chi connectivity index (χ4n) is 4.78. The van der Waals surface area contributed by atoms with Crippen LogP contribution >= 0.6 is 0 Å². The zero-order chi connectivity index (χ0) is 17.5. The first-order chi connectivity index (χ1) is 12.8. The molecule has 1 aliphatic heterocycles. The van der Waals surface area contributed by atoms with Gasteiger partial charge in [0.05, 0.1) is 0 Å². The number of hydrogen-bond acceptors (Lipinski definition) is 1. The van der Waals surface area contributed by atoms with Crippen LogP contribution in [0, 0.1) is 0 Å². The summed E-state index contributed by atoms with van der Waals surface area (Å²) < 4.78 is 2.24. The molecule has 3 nitrogen and oxygen atoms in total. The second kappa shape index (κ2) is 6.31. The zero-order valence-electron chi connectivity index (χ0n) is 15.0. The standard InChI is InChI=1S/C23H24N2O/c26-23-22-20(16-24(23)18-11-5-2-6-12-18)19-13-7-8-14-21(19)25(22)15-17-9-3-1-4-10-17/h1,3-4,7-10,13-14,18H,2,5-6,11-12,15-16H2. The van der Waals surface area contributed by atoms with Crippen LogP contribution in [0.25, 0.3) is 10.9 Å². The van der Waals surface area contributed by atoms with Gasteiger partial charge in [0, 0.05) is 35.6 Å². The highest BCUT2D eigenvalue weighted by Gasteiger charge is 2.37. The molecule has 0 radical (unpaired) electrons. The molecule has 1 fully saturated rings. The third-order valence-corrected chi connectivity index (χ3v) is 6.07. The summed E-state index contributed by atoms with van der Waals surface area (Å²) in [6.07, 6.45) is 6.14. The smallest absolute Gasteiger partial charge is 0.271 e. The van der Waals surface area contributed by atoms with Gasteiger partial charge in [-0.2, -0.15) is 0 Å². The number of carbonyl (C=O) groups is 1. The quantitative estimate of drug-likeness (QED) is 0.658. The molecule has 2 aliphatic rings. The molecule has 1 aromatic heterocycles. The molecule has 132 valence electrons. The fraction of sp³-hybridized carbons (Fsp3) is 0.348. The molecular weight excluding hydrogens is 320 g/mol. The summed E-state index contributed by atoms with van der Waals surface area (Å²) in [6, 6.07) is 19.4. The maximum absolute atomic E-state index is 13.4. The van der Waals surface area contributed by atoms with Crippen molar-refractivity contribution in [2.24, 2.45) is 0 Å². The lowest BCUT2D eigenvalue weighted by atomic mass is 9.94. The van der Waals surface area contributed by atoms with Crippen molar-refractivity contribution in [1.82, 2.24) is 9.47 Å². The van der Waals surface area contributed by atoms with Gasteiger partial charge < -0.3 is 9.47 Å². The highest BCUT2D eigenvalue weighted by atomic mass is 16.2. The van der Waals surface area contributed by atoms with Crippen molar-refractivity contribution in [3.63, 3.8) is 0 Å². The second-order valence-corrected chi connectivity index (χ2v) is 7.64. The molecule has 3 heteroatoms. The minimum atomic E-state index is 0.235. The summed E-state index contributed by atoms with van der Waals surface area (Å²) in [5.41, 5.74) is 4.56. The van der Waals surface area contributed by atoms with E-state index in [-0.39, 0.29) is 5.91 Å². The molecular formula is C23H24N2O. The lowest BCUT2D eigenvalue weighted by Gasteiger charge is -2.31. The summed E-state index contributed by atoms with van der Waals surface area (Å²) in [4.78, 5) is 15.5. The Morgan fingerprint density at radius 2 is 1.62 bits per heavy atom. The molecule has 3 aromatic rings. The first-order valence-corrected chi connectivity index (χ1v) is 9.78. The second-order valence-electron chi connectivity index (χ2n) is 7.64. The number of carbonyl (C=O) groups excluding carboxylic acids is 1. The molecule has 0 unspecified atom stereocenters. The summed E-state index contributed by atoms with van der Waals surface area (Å²) in [7, 11) is 0. The van der Waals surface area contributed by atoms with Crippen LogP contribution in [0.2, 0.25) is 0 Å². The highest BCUT2D eigenvalue weighted by Crippen LogP contribution is 2.37. The van der Waals surface area contributed by atoms with Crippen LogP contribution in [-0.4, -0.2) is 21.4 Å². The first-order valence-electron chi connectivity index (χ1n) is 9.78. The number of aromatic nitrogens is 1. The van der Waals surface area contributed by atoms with Crippen LogP contribution < -0.4 is 0 Å². The van der Waals surface area contributed by atoms with Gasteiger partial charge in [0.25, 0.3) is 5.91 Å². The highest BCUT2D eigenvalue weighted by molar-refractivity contribution is 6.04. The molecule has 1 amide bonds. The maximum atomic E-state index is 13.4. The van der Waals surface area contributed by atoms with E-state index in [0.29, 0.717) is 6.04 Å². The average Bonchev–Trinajstić information content (AvgIpc) is 3.19. The van der Waals surface area contributed by atoms with Crippen LogP contribution in [0.5, 0.6) is 0 Å². The van der Waals surface area contributed by atoms with Crippen LogP contribution in [0.4, 0.5) is 0 Å². The van der Waals surface area contributed by atoms with Crippen molar-refractivity contribution in [3.05, 3.63) is 71.4 Å². The SMILES string of the molecule is O=C1c2c(c3ccccc3n2Cc2ccccc2)CN1C1CCCCC1. The Morgan fingerprint density at radius 1 is 0.885 bits per heavy atom. The lowest BCUT2D eigenvalue weighted by Crippen LogP contribution is -2.37. The number of fused-ring (bicyclic) bond motifs is 3. The largest absolute Gasteiger partial charge is 0.332 e. The van der Waals surface area contributed by atoms with E-state index in [1.54, 1.807) is 0 Å². The topological polar surface area (TPSA) is 25.2 Å². The third-order valence-electron chi connectivity index (χ3n) is 6.07. The molecule has 2 heterocycles. The van der Waals surface area contributed by atoms with Crippen molar-refractivity contribution in [2.45, 2.75) is 51.2 Å². The Labute approximate surface area is 154 Å². The molecule has 0 N–H and O–H groups in total. The molecule has 2 aromatic carbocycles. The number of nitrogens with zero attached hydrogens (tertiary/aromatic N) is 2. The molecule has 5 rings (SSSR count). The van der Waals surface area contributed by atoms with Crippen LogP contribution in [-0.2, 0) is 13.1 Å². The number of para-hydroxylation sites is 1. The van der Waals surface area contributed by atoms with Crippen LogP contribution in [0.3, 0.4) is 0 Å². The third kappa shape index (κ3) is 2.45. The Kier molecular flexibility index (Phi) is 3.81. The Hall–Kier alpha value is -2.55. The van der Waals surface area contributed by atoms with E-state index in [9.17, 15) is 4.79 Å². The van der Waals surface area contributed by atoms with Crippen molar-refractivity contribution in [3.8, 4) is 0 Å². The first kappa shape index (κ1) is 15.7. The van der Waals surface area contributed by atoms with Gasteiger partial charge in [-0.15, -0.1) is 0 Å². The van der Waals surface area contributed by atoms with Gasteiger partial charge >= 0.3 is 0 Å². The number of benzene rings is 2. The maximum Gasteiger partial charge on any atom is 0.271 e. The summed E-state index contributed by atoms with van der Waals surface area (Å²) in [5, 5.41) is 1.24. The minimum Gasteiger partial charge on any atom is -0.332 e. The molecule has 1 saturated carbocycles. The Bertz CT molecular complexity index is 951. The van der Waals surface area contributed by atoms with E-state index in [4.69, 9.17) is 0 Å². The molecule has 26 heavy (non-hydrogen) atoms. The van der Waals surface area contributed by atoms with E-state index in [1.807, 2.05) is 6.07 Å². The lowest BCUT2D eigenvalue weighted by molar-refractivity contribution is 0.0652. The number of amides is 1. The predicted molar refractivity (Wildman–Crippen MR) is 104 cm³/mol. The summed E-state index contributed by atoms with van der Waals surface area (Å²) in [5.74, 6) is 0.235. The van der Waals surface area contributed by atoms with Crippen LogP contribution in [0.1, 0.15) is 53.7 Å². The van der Waals surface area contributed by atoms with E-state index >= 15 is 0 Å². The van der Waals surface area contributed by atoms with Gasteiger partial charge in [-0.3, -0.25) is 4.79 Å². The zero-order valence-corrected chi connectivity index (χ0v) is 15.0. The number of hydrogen-bond donors (Lipinski definition) is 0.